The molecule has 1 atom stereocenters. The quantitative estimate of drug-likeness (QED) is 0.707. The highest BCUT2D eigenvalue weighted by atomic mass is 16.3. The SMILES string of the molecule is C=C(C)CC(NCCC)c1ccc(CC)o1. The van der Waals surface area contributed by atoms with Gasteiger partial charge in [-0.05, 0) is 38.4 Å². The van der Waals surface area contributed by atoms with Crippen molar-refractivity contribution in [3.05, 3.63) is 35.8 Å². The number of hydrogen-bond acceptors (Lipinski definition) is 2. The molecule has 1 rings (SSSR count). The largest absolute Gasteiger partial charge is 0.464 e. The summed E-state index contributed by atoms with van der Waals surface area (Å²) >= 11 is 0. The van der Waals surface area contributed by atoms with Crippen LogP contribution in [0.1, 0.15) is 51.2 Å². The Labute approximate surface area is 98.7 Å². The third-order valence-electron chi connectivity index (χ3n) is 2.57. The Morgan fingerprint density at radius 2 is 2.19 bits per heavy atom. The summed E-state index contributed by atoms with van der Waals surface area (Å²) in [5.41, 5.74) is 1.18. The average molecular weight is 221 g/mol. The monoisotopic (exact) mass is 221 g/mol. The minimum Gasteiger partial charge on any atom is -0.464 e. The maximum atomic E-state index is 5.79. The van der Waals surface area contributed by atoms with Crippen LogP contribution in [0.4, 0.5) is 0 Å². The summed E-state index contributed by atoms with van der Waals surface area (Å²) in [4.78, 5) is 0. The Morgan fingerprint density at radius 3 is 2.69 bits per heavy atom. The predicted molar refractivity (Wildman–Crippen MR) is 68.6 cm³/mol. The van der Waals surface area contributed by atoms with Crippen LogP contribution in [0.5, 0.6) is 0 Å². The molecule has 1 heterocycles. The molecule has 0 bridgehead atoms. The smallest absolute Gasteiger partial charge is 0.121 e. The Hall–Kier alpha value is -1.02. The molecule has 0 fully saturated rings. The molecule has 90 valence electrons. The molecule has 2 nitrogen and oxygen atoms in total. The Balaban J connectivity index is 2.69. The van der Waals surface area contributed by atoms with Crippen LogP contribution in [0, 0.1) is 0 Å². The number of furan rings is 1. The highest BCUT2D eigenvalue weighted by Gasteiger charge is 2.14. The van der Waals surface area contributed by atoms with Gasteiger partial charge in [0.15, 0.2) is 0 Å². The summed E-state index contributed by atoms with van der Waals surface area (Å²) in [5.74, 6) is 2.09. The van der Waals surface area contributed by atoms with Crippen molar-refractivity contribution in [2.24, 2.45) is 0 Å². The van der Waals surface area contributed by atoms with Gasteiger partial charge in [0.05, 0.1) is 6.04 Å². The zero-order chi connectivity index (χ0) is 12.0. The van der Waals surface area contributed by atoms with Crippen LogP contribution in [0.25, 0.3) is 0 Å². The first kappa shape index (κ1) is 13.0. The molecule has 2 heteroatoms. The molecule has 0 spiro atoms. The second-order valence-corrected chi connectivity index (χ2v) is 4.33. The van der Waals surface area contributed by atoms with E-state index in [2.05, 4.69) is 44.8 Å². The van der Waals surface area contributed by atoms with Crippen molar-refractivity contribution < 1.29 is 4.42 Å². The van der Waals surface area contributed by atoms with Gasteiger partial charge in [0, 0.05) is 6.42 Å². The lowest BCUT2D eigenvalue weighted by Crippen LogP contribution is -2.21. The minimum absolute atomic E-state index is 0.276. The predicted octanol–water partition coefficient (Wildman–Crippen LogP) is 3.85. The lowest BCUT2D eigenvalue weighted by Gasteiger charge is -2.16. The van der Waals surface area contributed by atoms with E-state index < -0.39 is 0 Å². The lowest BCUT2D eigenvalue weighted by atomic mass is 10.1. The van der Waals surface area contributed by atoms with E-state index in [-0.39, 0.29) is 6.04 Å². The second kappa shape index (κ2) is 6.54. The molecule has 1 unspecified atom stereocenters. The average Bonchev–Trinajstić information content (AvgIpc) is 2.72. The zero-order valence-electron chi connectivity index (χ0n) is 10.7. The zero-order valence-corrected chi connectivity index (χ0v) is 10.7. The maximum Gasteiger partial charge on any atom is 0.121 e. The summed E-state index contributed by atoms with van der Waals surface area (Å²) < 4.78 is 5.79. The van der Waals surface area contributed by atoms with Gasteiger partial charge in [-0.3, -0.25) is 0 Å². The van der Waals surface area contributed by atoms with Gasteiger partial charge in [-0.25, -0.2) is 0 Å². The summed E-state index contributed by atoms with van der Waals surface area (Å²) in [6.45, 7) is 11.3. The van der Waals surface area contributed by atoms with E-state index >= 15 is 0 Å². The van der Waals surface area contributed by atoms with Crippen molar-refractivity contribution >= 4 is 0 Å². The van der Waals surface area contributed by atoms with Gasteiger partial charge in [0.2, 0.25) is 0 Å². The summed E-state index contributed by atoms with van der Waals surface area (Å²) in [5, 5.41) is 3.50. The first-order chi connectivity index (χ1) is 7.67. The molecule has 0 saturated carbocycles. The molecule has 0 aliphatic rings. The van der Waals surface area contributed by atoms with Gasteiger partial charge in [-0.15, -0.1) is 6.58 Å². The number of hydrogen-bond donors (Lipinski definition) is 1. The summed E-state index contributed by atoms with van der Waals surface area (Å²) in [6, 6.07) is 4.42. The lowest BCUT2D eigenvalue weighted by molar-refractivity contribution is 0.392. The van der Waals surface area contributed by atoms with Gasteiger partial charge in [0.25, 0.3) is 0 Å². The fraction of sp³-hybridized carbons (Fsp3) is 0.571. The standard InChI is InChI=1S/C14H23NO/c1-5-9-15-13(10-11(3)4)14-8-7-12(6-2)16-14/h7-8,13,15H,3,5-6,9-10H2,1-2,4H3. The molecule has 0 aromatic carbocycles. The van der Waals surface area contributed by atoms with Crippen molar-refractivity contribution in [1.29, 1.82) is 0 Å². The molecule has 1 N–H and O–H groups in total. The van der Waals surface area contributed by atoms with Gasteiger partial charge in [-0.1, -0.05) is 19.4 Å². The molecule has 1 aromatic rings. The van der Waals surface area contributed by atoms with Gasteiger partial charge in [-0.2, -0.15) is 0 Å². The van der Waals surface area contributed by atoms with Gasteiger partial charge < -0.3 is 9.73 Å². The first-order valence-electron chi connectivity index (χ1n) is 6.13. The molecule has 0 aliphatic carbocycles. The van der Waals surface area contributed by atoms with Crippen LogP contribution in [-0.2, 0) is 6.42 Å². The maximum absolute atomic E-state index is 5.79. The van der Waals surface area contributed by atoms with Crippen LogP contribution in [0.3, 0.4) is 0 Å². The van der Waals surface area contributed by atoms with Crippen molar-refractivity contribution in [1.82, 2.24) is 5.32 Å². The molecular weight excluding hydrogens is 198 g/mol. The minimum atomic E-state index is 0.276. The normalized spacial score (nSPS) is 12.7. The van der Waals surface area contributed by atoms with E-state index in [1.165, 1.54) is 5.57 Å². The summed E-state index contributed by atoms with van der Waals surface area (Å²) in [6.07, 6.45) is 3.03. The fourth-order valence-corrected chi connectivity index (χ4v) is 1.71. The van der Waals surface area contributed by atoms with Crippen molar-refractivity contribution in [2.75, 3.05) is 6.54 Å². The highest BCUT2D eigenvalue weighted by molar-refractivity contribution is 5.13. The van der Waals surface area contributed by atoms with E-state index in [0.717, 1.165) is 37.3 Å². The third-order valence-corrected chi connectivity index (χ3v) is 2.57. The topological polar surface area (TPSA) is 25.2 Å². The molecule has 0 amide bonds. The van der Waals surface area contributed by atoms with Crippen LogP contribution in [0.2, 0.25) is 0 Å². The number of nitrogens with one attached hydrogen (secondary N) is 1. The molecular formula is C14H23NO. The van der Waals surface area contributed by atoms with Crippen molar-refractivity contribution in [3.8, 4) is 0 Å². The summed E-state index contributed by atoms with van der Waals surface area (Å²) in [7, 11) is 0. The van der Waals surface area contributed by atoms with Gasteiger partial charge >= 0.3 is 0 Å². The van der Waals surface area contributed by atoms with E-state index in [4.69, 9.17) is 4.42 Å². The Bertz CT molecular complexity index is 327. The van der Waals surface area contributed by atoms with Crippen LogP contribution in [-0.4, -0.2) is 6.54 Å². The third kappa shape index (κ3) is 3.86. The van der Waals surface area contributed by atoms with Crippen LogP contribution >= 0.6 is 0 Å². The van der Waals surface area contributed by atoms with E-state index in [1.807, 2.05) is 0 Å². The fourth-order valence-electron chi connectivity index (χ4n) is 1.71. The number of aryl methyl sites for hydroxylation is 1. The highest BCUT2D eigenvalue weighted by Crippen LogP contribution is 2.22. The molecule has 0 saturated heterocycles. The van der Waals surface area contributed by atoms with Crippen LogP contribution in [0.15, 0.2) is 28.7 Å². The second-order valence-electron chi connectivity index (χ2n) is 4.33. The van der Waals surface area contributed by atoms with E-state index in [1.54, 1.807) is 0 Å². The van der Waals surface area contributed by atoms with E-state index in [9.17, 15) is 0 Å². The molecule has 16 heavy (non-hydrogen) atoms. The Kier molecular flexibility index (Phi) is 5.33. The van der Waals surface area contributed by atoms with Crippen molar-refractivity contribution in [2.45, 2.75) is 46.1 Å². The van der Waals surface area contributed by atoms with Crippen LogP contribution < -0.4 is 5.32 Å². The number of rotatable bonds is 7. The molecule has 1 aromatic heterocycles. The first-order valence-corrected chi connectivity index (χ1v) is 6.13. The van der Waals surface area contributed by atoms with E-state index in [0.29, 0.717) is 0 Å². The molecule has 0 radical (unpaired) electrons. The molecule has 0 aliphatic heterocycles. The van der Waals surface area contributed by atoms with Crippen molar-refractivity contribution in [3.63, 3.8) is 0 Å². The Morgan fingerprint density at radius 1 is 1.44 bits per heavy atom. The van der Waals surface area contributed by atoms with Gasteiger partial charge in [0.1, 0.15) is 11.5 Å².